The van der Waals surface area contributed by atoms with E-state index in [1.807, 2.05) is 0 Å². The molecular weight excluding hydrogens is 252 g/mol. The fraction of sp³-hybridized carbons (Fsp3) is 0.400. The minimum Gasteiger partial charge on any atom is -0.322 e. The normalized spacial score (nSPS) is 11.9. The molecule has 1 aromatic carbocycles. The molecule has 0 aromatic heterocycles. The van der Waals surface area contributed by atoms with E-state index >= 15 is 0 Å². The van der Waals surface area contributed by atoms with Crippen molar-refractivity contribution in [2.75, 3.05) is 0 Å². The minimum absolute atomic E-state index is 0.0793. The predicted molar refractivity (Wildman–Crippen MR) is 56.0 cm³/mol. The second kappa shape index (κ2) is 3.59. The van der Waals surface area contributed by atoms with Crippen molar-refractivity contribution < 1.29 is 8.78 Å². The van der Waals surface area contributed by atoms with Crippen LogP contribution < -0.4 is 5.73 Å². The van der Waals surface area contributed by atoms with Crippen molar-refractivity contribution in [3.63, 3.8) is 0 Å². The molecule has 0 atom stereocenters. The van der Waals surface area contributed by atoms with Crippen LogP contribution in [0.15, 0.2) is 10.5 Å². The summed E-state index contributed by atoms with van der Waals surface area (Å²) in [6.07, 6.45) is 0. The first kappa shape index (κ1) is 11.6. The van der Waals surface area contributed by atoms with Crippen LogP contribution in [-0.2, 0) is 5.54 Å². The highest BCUT2D eigenvalue weighted by Crippen LogP contribution is 2.30. The molecule has 14 heavy (non-hydrogen) atoms. The van der Waals surface area contributed by atoms with E-state index in [2.05, 4.69) is 15.9 Å². The monoisotopic (exact) mass is 263 g/mol. The Kier molecular flexibility index (Phi) is 2.97. The summed E-state index contributed by atoms with van der Waals surface area (Å²) >= 11 is 3.03. The zero-order valence-corrected chi connectivity index (χ0v) is 9.87. The van der Waals surface area contributed by atoms with Gasteiger partial charge in [0.25, 0.3) is 0 Å². The molecule has 0 unspecified atom stereocenters. The molecule has 1 aromatic rings. The van der Waals surface area contributed by atoms with Gasteiger partial charge in [0.05, 0.1) is 4.47 Å². The van der Waals surface area contributed by atoms with E-state index in [4.69, 9.17) is 5.73 Å². The van der Waals surface area contributed by atoms with Gasteiger partial charge in [0.1, 0.15) is 11.6 Å². The lowest BCUT2D eigenvalue weighted by molar-refractivity contribution is 0.454. The van der Waals surface area contributed by atoms with Crippen LogP contribution in [-0.4, -0.2) is 0 Å². The third-order valence-corrected chi connectivity index (χ3v) is 2.56. The molecule has 4 heteroatoms. The molecule has 0 bridgehead atoms. The Balaban J connectivity index is 3.56. The highest BCUT2D eigenvalue weighted by molar-refractivity contribution is 9.10. The van der Waals surface area contributed by atoms with Gasteiger partial charge in [-0.15, -0.1) is 0 Å². The highest BCUT2D eigenvalue weighted by atomic mass is 79.9. The highest BCUT2D eigenvalue weighted by Gasteiger charge is 2.26. The molecule has 0 saturated carbocycles. The summed E-state index contributed by atoms with van der Waals surface area (Å²) in [7, 11) is 0. The first-order valence-corrected chi connectivity index (χ1v) is 4.98. The van der Waals surface area contributed by atoms with Crippen LogP contribution in [0.4, 0.5) is 8.78 Å². The summed E-state index contributed by atoms with van der Waals surface area (Å²) in [4.78, 5) is 0. The Morgan fingerprint density at radius 3 is 2.21 bits per heavy atom. The Morgan fingerprint density at radius 2 is 1.79 bits per heavy atom. The van der Waals surface area contributed by atoms with Crippen molar-refractivity contribution in [3.8, 4) is 0 Å². The Hall–Kier alpha value is -0.480. The molecule has 78 valence electrons. The smallest absolute Gasteiger partial charge is 0.145 e. The predicted octanol–water partition coefficient (Wildman–Crippen LogP) is 3.23. The fourth-order valence-corrected chi connectivity index (χ4v) is 1.84. The summed E-state index contributed by atoms with van der Waals surface area (Å²) in [5.41, 5.74) is 4.97. The zero-order chi connectivity index (χ0) is 11.1. The first-order valence-electron chi connectivity index (χ1n) is 4.18. The number of hydrogen-bond acceptors (Lipinski definition) is 1. The largest absolute Gasteiger partial charge is 0.322 e. The van der Waals surface area contributed by atoms with Crippen LogP contribution in [0, 0.1) is 18.6 Å². The molecule has 0 radical (unpaired) electrons. The fourth-order valence-electron chi connectivity index (χ4n) is 1.30. The van der Waals surface area contributed by atoms with E-state index in [1.165, 1.54) is 6.07 Å². The number of rotatable bonds is 1. The molecule has 0 heterocycles. The van der Waals surface area contributed by atoms with Gasteiger partial charge >= 0.3 is 0 Å². The summed E-state index contributed by atoms with van der Waals surface area (Å²) in [5, 5.41) is 0. The average molecular weight is 264 g/mol. The topological polar surface area (TPSA) is 26.0 Å². The van der Waals surface area contributed by atoms with Crippen molar-refractivity contribution >= 4 is 15.9 Å². The number of benzene rings is 1. The van der Waals surface area contributed by atoms with E-state index in [0.29, 0.717) is 5.56 Å². The number of nitrogens with two attached hydrogens (primary N) is 1. The van der Waals surface area contributed by atoms with Gasteiger partial charge in [-0.2, -0.15) is 0 Å². The third-order valence-electron chi connectivity index (χ3n) is 1.98. The van der Waals surface area contributed by atoms with Crippen LogP contribution in [0.5, 0.6) is 0 Å². The molecule has 1 rings (SSSR count). The molecule has 0 aliphatic carbocycles. The zero-order valence-electron chi connectivity index (χ0n) is 8.29. The van der Waals surface area contributed by atoms with Crippen molar-refractivity contribution in [1.82, 2.24) is 0 Å². The quantitative estimate of drug-likeness (QED) is 0.774. The number of halogens is 3. The first-order chi connectivity index (χ1) is 6.25. The third kappa shape index (κ3) is 1.96. The van der Waals surface area contributed by atoms with Gasteiger partial charge in [-0.1, -0.05) is 0 Å². The maximum Gasteiger partial charge on any atom is 0.145 e. The van der Waals surface area contributed by atoms with Crippen LogP contribution >= 0.6 is 15.9 Å². The van der Waals surface area contributed by atoms with E-state index in [9.17, 15) is 8.78 Å². The van der Waals surface area contributed by atoms with Gasteiger partial charge in [-0.3, -0.25) is 0 Å². The van der Waals surface area contributed by atoms with Crippen molar-refractivity contribution in [3.05, 3.63) is 33.3 Å². The lowest BCUT2D eigenvalue weighted by atomic mass is 9.93. The van der Waals surface area contributed by atoms with E-state index < -0.39 is 17.2 Å². The summed E-state index contributed by atoms with van der Waals surface area (Å²) in [5.74, 6) is -1.20. The second-order valence-electron chi connectivity index (χ2n) is 3.90. The van der Waals surface area contributed by atoms with Gasteiger partial charge in [-0.05, 0) is 48.3 Å². The van der Waals surface area contributed by atoms with Crippen LogP contribution in [0.25, 0.3) is 0 Å². The number of hydrogen-bond donors (Lipinski definition) is 1. The Morgan fingerprint density at radius 1 is 1.29 bits per heavy atom. The molecule has 0 spiro atoms. The maximum atomic E-state index is 13.6. The van der Waals surface area contributed by atoms with Gasteiger partial charge in [-0.25, -0.2) is 8.78 Å². The van der Waals surface area contributed by atoms with Crippen molar-refractivity contribution in [2.45, 2.75) is 26.3 Å². The molecule has 2 N–H and O–H groups in total. The Labute approximate surface area is 90.4 Å². The van der Waals surface area contributed by atoms with Crippen LogP contribution in [0.1, 0.15) is 25.0 Å². The second-order valence-corrected chi connectivity index (χ2v) is 4.75. The van der Waals surface area contributed by atoms with E-state index in [-0.39, 0.29) is 10.0 Å². The summed E-state index contributed by atoms with van der Waals surface area (Å²) in [6.45, 7) is 4.72. The standard InChI is InChI=1S/C10H12BrF2N/c1-5-4-6(11)9(13)7(8(5)12)10(2,3)14/h4H,14H2,1-3H3. The Bertz CT molecular complexity index is 343. The van der Waals surface area contributed by atoms with Crippen LogP contribution in [0.3, 0.4) is 0 Å². The average Bonchev–Trinajstić information content (AvgIpc) is 1.98. The molecule has 0 saturated heterocycles. The SMILES string of the molecule is Cc1cc(Br)c(F)c(C(C)(C)N)c1F. The molecule has 0 aliphatic rings. The van der Waals surface area contributed by atoms with Crippen molar-refractivity contribution in [2.24, 2.45) is 5.73 Å². The van der Waals surface area contributed by atoms with Gasteiger partial charge in [0.15, 0.2) is 0 Å². The molecule has 0 aliphatic heterocycles. The van der Waals surface area contributed by atoms with Gasteiger partial charge < -0.3 is 5.73 Å². The molecule has 1 nitrogen and oxygen atoms in total. The summed E-state index contributed by atoms with van der Waals surface area (Å²) < 4.78 is 27.4. The maximum absolute atomic E-state index is 13.6. The summed E-state index contributed by atoms with van der Waals surface area (Å²) in [6, 6.07) is 1.40. The van der Waals surface area contributed by atoms with Crippen molar-refractivity contribution in [1.29, 1.82) is 0 Å². The minimum atomic E-state index is -1.03. The van der Waals surface area contributed by atoms with Gasteiger partial charge in [0.2, 0.25) is 0 Å². The van der Waals surface area contributed by atoms with Crippen LogP contribution in [0.2, 0.25) is 0 Å². The lowest BCUT2D eigenvalue weighted by Crippen LogP contribution is -2.31. The number of aryl methyl sites for hydroxylation is 1. The van der Waals surface area contributed by atoms with E-state index in [0.717, 1.165) is 0 Å². The molecular formula is C10H12BrF2N. The van der Waals surface area contributed by atoms with E-state index in [1.54, 1.807) is 20.8 Å². The lowest BCUT2D eigenvalue weighted by Gasteiger charge is -2.22. The molecule has 0 fully saturated rings. The van der Waals surface area contributed by atoms with Gasteiger partial charge in [0, 0.05) is 11.1 Å². The molecule has 0 amide bonds.